The smallest absolute Gasteiger partial charge is 0.270 e. The lowest BCUT2D eigenvalue weighted by molar-refractivity contribution is -0.113. The lowest BCUT2D eigenvalue weighted by Crippen LogP contribution is -2.27. The molecule has 0 aromatic heterocycles. The molecule has 0 saturated carbocycles. The zero-order valence-electron chi connectivity index (χ0n) is 17.9. The molecule has 0 atom stereocenters. The molecular weight excluding hydrogens is 438 g/mol. The van der Waals surface area contributed by atoms with Crippen molar-refractivity contribution in [1.29, 1.82) is 0 Å². The van der Waals surface area contributed by atoms with Gasteiger partial charge in [0.05, 0.1) is 17.2 Å². The number of para-hydroxylation sites is 1. The van der Waals surface area contributed by atoms with Crippen LogP contribution >= 0.6 is 24.0 Å². The Kier molecular flexibility index (Phi) is 6.93. The minimum atomic E-state index is -0.121. The summed E-state index contributed by atoms with van der Waals surface area (Å²) in [7, 11) is 0. The van der Waals surface area contributed by atoms with Crippen molar-refractivity contribution in [3.63, 3.8) is 0 Å². The van der Waals surface area contributed by atoms with Gasteiger partial charge in [-0.1, -0.05) is 78.1 Å². The highest BCUT2D eigenvalue weighted by atomic mass is 32.2. The standard InChI is InChI=1S/C26H23NO3S2/c1-3-29-23-15-19(12-13-22(23)30-17-20-9-7-8-18(2)14-20)16-24-25(28)27(26(31)32-24)21-10-5-4-6-11-21/h4-16H,3,17H2,1-2H3/b24-16+. The van der Waals surface area contributed by atoms with Crippen molar-refractivity contribution < 1.29 is 14.3 Å². The molecule has 32 heavy (non-hydrogen) atoms. The Balaban J connectivity index is 1.55. The first-order valence-electron chi connectivity index (χ1n) is 10.3. The number of nitrogens with zero attached hydrogens (tertiary/aromatic N) is 1. The van der Waals surface area contributed by atoms with E-state index in [1.807, 2.05) is 73.7 Å². The molecule has 4 rings (SSSR count). The number of aryl methyl sites for hydroxylation is 1. The van der Waals surface area contributed by atoms with Gasteiger partial charge in [0.15, 0.2) is 15.8 Å². The quantitative estimate of drug-likeness (QED) is 0.302. The van der Waals surface area contributed by atoms with E-state index in [0.29, 0.717) is 33.9 Å². The summed E-state index contributed by atoms with van der Waals surface area (Å²) in [5, 5.41) is 0. The van der Waals surface area contributed by atoms with Crippen molar-refractivity contribution in [3.05, 3.63) is 94.4 Å². The molecule has 0 unspecified atom stereocenters. The Labute approximate surface area is 197 Å². The molecule has 1 aliphatic rings. The number of thioether (sulfide) groups is 1. The molecule has 162 valence electrons. The Bertz CT molecular complexity index is 1170. The van der Waals surface area contributed by atoms with Gasteiger partial charge in [-0.2, -0.15) is 0 Å². The minimum Gasteiger partial charge on any atom is -0.490 e. The van der Waals surface area contributed by atoms with Gasteiger partial charge in [-0.15, -0.1) is 0 Å². The van der Waals surface area contributed by atoms with Gasteiger partial charge in [-0.3, -0.25) is 9.69 Å². The maximum atomic E-state index is 13.0. The lowest BCUT2D eigenvalue weighted by Gasteiger charge is -2.14. The SMILES string of the molecule is CCOc1cc(/C=C2/SC(=S)N(c3ccccc3)C2=O)ccc1OCc1cccc(C)c1. The average Bonchev–Trinajstić information content (AvgIpc) is 3.07. The fourth-order valence-corrected chi connectivity index (χ4v) is 4.68. The molecule has 1 amide bonds. The number of carbonyl (C=O) groups is 1. The largest absolute Gasteiger partial charge is 0.490 e. The summed E-state index contributed by atoms with van der Waals surface area (Å²) in [6.45, 7) is 4.96. The van der Waals surface area contributed by atoms with Crippen LogP contribution in [0.3, 0.4) is 0 Å². The van der Waals surface area contributed by atoms with E-state index >= 15 is 0 Å². The van der Waals surface area contributed by atoms with E-state index in [2.05, 4.69) is 19.1 Å². The molecule has 0 spiro atoms. The highest BCUT2D eigenvalue weighted by molar-refractivity contribution is 8.27. The maximum Gasteiger partial charge on any atom is 0.270 e. The number of rotatable bonds is 7. The predicted molar refractivity (Wildman–Crippen MR) is 135 cm³/mol. The molecule has 0 radical (unpaired) electrons. The van der Waals surface area contributed by atoms with Crippen molar-refractivity contribution in [3.8, 4) is 11.5 Å². The van der Waals surface area contributed by atoms with Crippen LogP contribution in [-0.2, 0) is 11.4 Å². The van der Waals surface area contributed by atoms with Gasteiger partial charge in [0.1, 0.15) is 6.61 Å². The molecule has 1 saturated heterocycles. The summed E-state index contributed by atoms with van der Waals surface area (Å²) >= 11 is 6.75. The molecular formula is C26H23NO3S2. The molecule has 3 aromatic rings. The third-order valence-electron chi connectivity index (χ3n) is 4.85. The van der Waals surface area contributed by atoms with Crippen LogP contribution in [0.25, 0.3) is 6.08 Å². The van der Waals surface area contributed by atoms with Crippen LogP contribution in [-0.4, -0.2) is 16.8 Å². The van der Waals surface area contributed by atoms with Crippen molar-refractivity contribution in [2.24, 2.45) is 0 Å². The zero-order valence-corrected chi connectivity index (χ0v) is 19.5. The maximum absolute atomic E-state index is 13.0. The van der Waals surface area contributed by atoms with E-state index in [0.717, 1.165) is 16.8 Å². The number of thiocarbonyl (C=S) groups is 1. The second kappa shape index (κ2) is 10.0. The number of hydrogen-bond acceptors (Lipinski definition) is 5. The summed E-state index contributed by atoms with van der Waals surface area (Å²) in [5.74, 6) is 1.19. The Morgan fingerprint density at radius 3 is 2.53 bits per heavy atom. The number of benzene rings is 3. The lowest BCUT2D eigenvalue weighted by atomic mass is 10.1. The van der Waals surface area contributed by atoms with E-state index in [4.69, 9.17) is 21.7 Å². The summed E-state index contributed by atoms with van der Waals surface area (Å²) in [5.41, 5.74) is 3.92. The van der Waals surface area contributed by atoms with E-state index in [9.17, 15) is 4.79 Å². The first-order valence-corrected chi connectivity index (χ1v) is 11.6. The number of ether oxygens (including phenoxy) is 2. The molecule has 0 aliphatic carbocycles. The Morgan fingerprint density at radius 1 is 0.969 bits per heavy atom. The Morgan fingerprint density at radius 2 is 1.78 bits per heavy atom. The summed E-state index contributed by atoms with van der Waals surface area (Å²) in [4.78, 5) is 15.1. The van der Waals surface area contributed by atoms with Crippen molar-refractivity contribution in [2.75, 3.05) is 11.5 Å². The zero-order chi connectivity index (χ0) is 22.5. The van der Waals surface area contributed by atoms with E-state index in [1.165, 1.54) is 17.3 Å². The molecule has 0 bridgehead atoms. The number of anilines is 1. The normalized spacial score (nSPS) is 14.8. The van der Waals surface area contributed by atoms with Crippen LogP contribution in [0.5, 0.6) is 11.5 Å². The van der Waals surface area contributed by atoms with Gasteiger partial charge in [-0.25, -0.2) is 0 Å². The minimum absolute atomic E-state index is 0.121. The third kappa shape index (κ3) is 5.03. The van der Waals surface area contributed by atoms with Crippen LogP contribution < -0.4 is 14.4 Å². The van der Waals surface area contributed by atoms with Crippen molar-refractivity contribution in [1.82, 2.24) is 0 Å². The van der Waals surface area contributed by atoms with Crippen molar-refractivity contribution >= 4 is 46.0 Å². The van der Waals surface area contributed by atoms with Gasteiger partial charge in [0.2, 0.25) is 0 Å². The average molecular weight is 462 g/mol. The summed E-state index contributed by atoms with van der Waals surface area (Å²) < 4.78 is 12.4. The first kappa shape index (κ1) is 22.1. The number of amides is 1. The molecule has 0 N–H and O–H groups in total. The van der Waals surface area contributed by atoms with E-state index in [1.54, 1.807) is 4.90 Å². The summed E-state index contributed by atoms with van der Waals surface area (Å²) in [6.07, 6.45) is 1.84. The monoisotopic (exact) mass is 461 g/mol. The van der Waals surface area contributed by atoms with Crippen molar-refractivity contribution in [2.45, 2.75) is 20.5 Å². The molecule has 1 fully saturated rings. The molecule has 1 heterocycles. The highest BCUT2D eigenvalue weighted by Crippen LogP contribution is 2.37. The van der Waals surface area contributed by atoms with Crippen LogP contribution in [0.15, 0.2) is 77.7 Å². The van der Waals surface area contributed by atoms with E-state index < -0.39 is 0 Å². The molecule has 6 heteroatoms. The molecule has 4 nitrogen and oxygen atoms in total. The van der Waals surface area contributed by atoms with Gasteiger partial charge < -0.3 is 9.47 Å². The first-order chi connectivity index (χ1) is 15.5. The molecule has 3 aromatic carbocycles. The fraction of sp³-hybridized carbons (Fsp3) is 0.154. The van der Waals surface area contributed by atoms with Crippen LogP contribution in [0.2, 0.25) is 0 Å². The topological polar surface area (TPSA) is 38.8 Å². The van der Waals surface area contributed by atoms with Gasteiger partial charge in [0, 0.05) is 0 Å². The highest BCUT2D eigenvalue weighted by Gasteiger charge is 2.33. The second-order valence-electron chi connectivity index (χ2n) is 7.27. The number of carbonyl (C=O) groups excluding carboxylic acids is 1. The second-order valence-corrected chi connectivity index (χ2v) is 8.95. The van der Waals surface area contributed by atoms with Gasteiger partial charge >= 0.3 is 0 Å². The Hall–Kier alpha value is -3.09. The fourth-order valence-electron chi connectivity index (χ4n) is 3.38. The van der Waals surface area contributed by atoms with Crippen LogP contribution in [0.4, 0.5) is 5.69 Å². The predicted octanol–water partition coefficient (Wildman–Crippen LogP) is 6.38. The molecule has 1 aliphatic heterocycles. The summed E-state index contributed by atoms with van der Waals surface area (Å²) in [6, 6.07) is 23.4. The van der Waals surface area contributed by atoms with E-state index in [-0.39, 0.29) is 5.91 Å². The van der Waals surface area contributed by atoms with Gasteiger partial charge in [-0.05, 0) is 55.3 Å². The third-order valence-corrected chi connectivity index (χ3v) is 6.15. The van der Waals surface area contributed by atoms with Gasteiger partial charge in [0.25, 0.3) is 5.91 Å². The van der Waals surface area contributed by atoms with Crippen LogP contribution in [0.1, 0.15) is 23.6 Å². The number of hydrogen-bond donors (Lipinski definition) is 0. The van der Waals surface area contributed by atoms with Crippen LogP contribution in [0, 0.1) is 6.92 Å².